The van der Waals surface area contributed by atoms with E-state index in [4.69, 9.17) is 5.11 Å². The van der Waals surface area contributed by atoms with Crippen molar-refractivity contribution in [1.29, 1.82) is 0 Å². The van der Waals surface area contributed by atoms with E-state index < -0.39 is 0 Å². The van der Waals surface area contributed by atoms with Crippen LogP contribution in [0.3, 0.4) is 0 Å². The van der Waals surface area contributed by atoms with Crippen LogP contribution in [0.2, 0.25) is 0 Å². The second-order valence-electron chi connectivity index (χ2n) is 4.61. The van der Waals surface area contributed by atoms with Crippen LogP contribution in [-0.4, -0.2) is 35.3 Å². The van der Waals surface area contributed by atoms with Crippen molar-refractivity contribution in [2.75, 3.05) is 18.9 Å². The highest BCUT2D eigenvalue weighted by molar-refractivity contribution is 7.99. The molecule has 0 bridgehead atoms. The second kappa shape index (κ2) is 5.38. The predicted molar refractivity (Wildman–Crippen MR) is 61.7 cm³/mol. The van der Waals surface area contributed by atoms with Crippen LogP contribution in [0.15, 0.2) is 0 Å². The Labute approximate surface area is 90.8 Å². The quantitative estimate of drug-likeness (QED) is 0.750. The van der Waals surface area contributed by atoms with Gasteiger partial charge in [-0.05, 0) is 43.9 Å². The van der Waals surface area contributed by atoms with E-state index in [1.165, 1.54) is 37.9 Å². The Balaban J connectivity index is 1.69. The van der Waals surface area contributed by atoms with E-state index in [0.29, 0.717) is 12.6 Å². The first-order valence-corrected chi connectivity index (χ1v) is 6.89. The first-order valence-electron chi connectivity index (χ1n) is 5.84. The minimum Gasteiger partial charge on any atom is -0.395 e. The summed E-state index contributed by atoms with van der Waals surface area (Å²) in [4.78, 5) is 0. The molecule has 14 heavy (non-hydrogen) atoms. The molecule has 3 unspecified atom stereocenters. The van der Waals surface area contributed by atoms with E-state index in [-0.39, 0.29) is 0 Å². The summed E-state index contributed by atoms with van der Waals surface area (Å²) in [7, 11) is 0. The average molecular weight is 215 g/mol. The van der Waals surface area contributed by atoms with Crippen LogP contribution in [-0.2, 0) is 0 Å². The van der Waals surface area contributed by atoms with Crippen molar-refractivity contribution in [3.63, 3.8) is 0 Å². The molecule has 2 aliphatic heterocycles. The first kappa shape index (κ1) is 10.8. The fraction of sp³-hybridized carbons (Fsp3) is 1.00. The number of thioether (sulfide) groups is 1. The maximum absolute atomic E-state index is 9.02. The zero-order valence-electron chi connectivity index (χ0n) is 8.74. The Morgan fingerprint density at radius 2 is 2.29 bits per heavy atom. The van der Waals surface area contributed by atoms with Crippen molar-refractivity contribution in [3.05, 3.63) is 0 Å². The molecule has 0 aromatic heterocycles. The third-order valence-corrected chi connectivity index (χ3v) is 4.83. The van der Waals surface area contributed by atoms with Crippen molar-refractivity contribution >= 4 is 11.8 Å². The molecule has 2 aliphatic rings. The molecule has 0 radical (unpaired) electrons. The van der Waals surface area contributed by atoms with Gasteiger partial charge in [0.05, 0.1) is 6.61 Å². The van der Waals surface area contributed by atoms with Crippen LogP contribution in [0.25, 0.3) is 0 Å². The average Bonchev–Trinajstić information content (AvgIpc) is 2.67. The Morgan fingerprint density at radius 1 is 1.36 bits per heavy atom. The Kier molecular flexibility index (Phi) is 4.14. The lowest BCUT2D eigenvalue weighted by molar-refractivity contribution is 0.252. The molecule has 2 saturated heterocycles. The van der Waals surface area contributed by atoms with Gasteiger partial charge in [0, 0.05) is 11.3 Å². The largest absolute Gasteiger partial charge is 0.395 e. The highest BCUT2D eigenvalue weighted by Crippen LogP contribution is 2.32. The fourth-order valence-electron chi connectivity index (χ4n) is 2.59. The number of hydrogen-bond donors (Lipinski definition) is 2. The summed E-state index contributed by atoms with van der Waals surface area (Å²) in [5.41, 5.74) is 0. The molecular formula is C11H21NOS. The standard InChI is InChI=1S/C11H21NOS/c13-8-10-5-9(7-12-10)6-11-3-1-2-4-14-11/h9-13H,1-8H2. The van der Waals surface area contributed by atoms with Crippen molar-refractivity contribution in [1.82, 2.24) is 5.32 Å². The summed E-state index contributed by atoms with van der Waals surface area (Å²) in [6.07, 6.45) is 6.83. The highest BCUT2D eigenvalue weighted by Gasteiger charge is 2.26. The van der Waals surface area contributed by atoms with Gasteiger partial charge in [-0.15, -0.1) is 0 Å². The number of aliphatic hydroxyl groups excluding tert-OH is 1. The summed E-state index contributed by atoms with van der Waals surface area (Å²) in [6.45, 7) is 1.44. The minimum atomic E-state index is 0.314. The highest BCUT2D eigenvalue weighted by atomic mass is 32.2. The van der Waals surface area contributed by atoms with Crippen molar-refractivity contribution in [2.24, 2.45) is 5.92 Å². The molecule has 2 rings (SSSR count). The van der Waals surface area contributed by atoms with Gasteiger partial charge in [0.15, 0.2) is 0 Å². The molecule has 82 valence electrons. The number of hydrogen-bond acceptors (Lipinski definition) is 3. The SMILES string of the molecule is OCC1CC(CC2CCCCS2)CN1. The van der Waals surface area contributed by atoms with Crippen LogP contribution in [0, 0.1) is 5.92 Å². The zero-order valence-corrected chi connectivity index (χ0v) is 9.56. The van der Waals surface area contributed by atoms with Gasteiger partial charge in [0.25, 0.3) is 0 Å². The number of nitrogens with one attached hydrogen (secondary N) is 1. The molecule has 0 amide bonds. The molecule has 3 atom stereocenters. The maximum atomic E-state index is 9.02. The topological polar surface area (TPSA) is 32.3 Å². The van der Waals surface area contributed by atoms with Gasteiger partial charge in [-0.2, -0.15) is 11.8 Å². The van der Waals surface area contributed by atoms with E-state index >= 15 is 0 Å². The van der Waals surface area contributed by atoms with E-state index in [9.17, 15) is 0 Å². The molecule has 0 saturated carbocycles. The summed E-state index contributed by atoms with van der Waals surface area (Å²) < 4.78 is 0. The van der Waals surface area contributed by atoms with Crippen LogP contribution in [0.1, 0.15) is 32.1 Å². The summed E-state index contributed by atoms with van der Waals surface area (Å²) in [5, 5.41) is 13.3. The lowest BCUT2D eigenvalue weighted by Gasteiger charge is -2.23. The Morgan fingerprint density at radius 3 is 2.93 bits per heavy atom. The third-order valence-electron chi connectivity index (χ3n) is 3.40. The van der Waals surface area contributed by atoms with Crippen LogP contribution in [0.4, 0.5) is 0 Å². The molecule has 3 heteroatoms. The van der Waals surface area contributed by atoms with Crippen molar-refractivity contribution in [2.45, 2.75) is 43.4 Å². The maximum Gasteiger partial charge on any atom is 0.0584 e. The van der Waals surface area contributed by atoms with Gasteiger partial charge in [0.2, 0.25) is 0 Å². The van der Waals surface area contributed by atoms with Gasteiger partial charge in [-0.1, -0.05) is 6.42 Å². The van der Waals surface area contributed by atoms with E-state index in [1.807, 2.05) is 0 Å². The molecular weight excluding hydrogens is 194 g/mol. The number of rotatable bonds is 3. The van der Waals surface area contributed by atoms with Crippen molar-refractivity contribution in [3.8, 4) is 0 Å². The predicted octanol–water partition coefficient (Wildman–Crippen LogP) is 1.63. The third kappa shape index (κ3) is 2.88. The van der Waals surface area contributed by atoms with Gasteiger partial charge in [-0.3, -0.25) is 0 Å². The number of aliphatic hydroxyl groups is 1. The summed E-state index contributed by atoms with van der Waals surface area (Å²) in [5.74, 6) is 2.19. The van der Waals surface area contributed by atoms with Crippen LogP contribution < -0.4 is 5.32 Å². The van der Waals surface area contributed by atoms with Gasteiger partial charge >= 0.3 is 0 Å². The van der Waals surface area contributed by atoms with Crippen LogP contribution in [0.5, 0.6) is 0 Å². The van der Waals surface area contributed by atoms with Crippen molar-refractivity contribution < 1.29 is 5.11 Å². The van der Waals surface area contributed by atoms with E-state index in [0.717, 1.165) is 17.7 Å². The molecule has 0 aromatic carbocycles. The Bertz CT molecular complexity index is 171. The molecule has 0 aliphatic carbocycles. The molecule has 2 heterocycles. The lowest BCUT2D eigenvalue weighted by atomic mass is 9.97. The molecule has 2 nitrogen and oxygen atoms in total. The molecule has 0 aromatic rings. The second-order valence-corrected chi connectivity index (χ2v) is 6.02. The first-order chi connectivity index (χ1) is 6.88. The van der Waals surface area contributed by atoms with Gasteiger partial charge < -0.3 is 10.4 Å². The van der Waals surface area contributed by atoms with E-state index in [1.54, 1.807) is 0 Å². The summed E-state index contributed by atoms with van der Waals surface area (Å²) >= 11 is 2.17. The monoisotopic (exact) mass is 215 g/mol. The minimum absolute atomic E-state index is 0.314. The molecule has 2 fully saturated rings. The van der Waals surface area contributed by atoms with Crippen LogP contribution >= 0.6 is 11.8 Å². The zero-order chi connectivity index (χ0) is 9.80. The normalized spacial score (nSPS) is 38.8. The van der Waals surface area contributed by atoms with Gasteiger partial charge in [-0.25, -0.2) is 0 Å². The fourth-order valence-corrected chi connectivity index (χ4v) is 4.03. The molecule has 0 spiro atoms. The Hall–Kier alpha value is 0.270. The van der Waals surface area contributed by atoms with E-state index in [2.05, 4.69) is 17.1 Å². The molecule has 2 N–H and O–H groups in total. The van der Waals surface area contributed by atoms with Gasteiger partial charge in [0.1, 0.15) is 0 Å². The summed E-state index contributed by atoms with van der Waals surface area (Å²) in [6, 6.07) is 0.383. The smallest absolute Gasteiger partial charge is 0.0584 e. The lowest BCUT2D eigenvalue weighted by Crippen LogP contribution is -2.24.